The molecule has 0 bridgehead atoms. The SMILES string of the molecule is Cc1cc(F)ccc1NC(=O)COc1cc(C(F)(F)F)nn1-c1ccccc1Cl. The van der Waals surface area contributed by atoms with E-state index in [1.54, 1.807) is 19.1 Å². The first kappa shape index (κ1) is 20.7. The van der Waals surface area contributed by atoms with Crippen LogP contribution < -0.4 is 10.1 Å². The van der Waals surface area contributed by atoms with Gasteiger partial charge in [-0.3, -0.25) is 4.79 Å². The van der Waals surface area contributed by atoms with Gasteiger partial charge in [0.25, 0.3) is 5.91 Å². The predicted octanol–water partition coefficient (Wildman–Crippen LogP) is 5.01. The summed E-state index contributed by atoms with van der Waals surface area (Å²) < 4.78 is 58.6. The summed E-state index contributed by atoms with van der Waals surface area (Å²) in [6.07, 6.45) is -4.71. The second-order valence-electron chi connectivity index (χ2n) is 6.02. The Hall–Kier alpha value is -3.07. The highest BCUT2D eigenvalue weighted by molar-refractivity contribution is 6.32. The molecule has 3 rings (SSSR count). The predicted molar refractivity (Wildman–Crippen MR) is 98.8 cm³/mol. The van der Waals surface area contributed by atoms with Crippen molar-refractivity contribution in [3.8, 4) is 11.6 Å². The number of hydrogen-bond donors (Lipinski definition) is 1. The quantitative estimate of drug-likeness (QED) is 0.582. The van der Waals surface area contributed by atoms with Crippen LogP contribution in [0.1, 0.15) is 11.3 Å². The largest absolute Gasteiger partial charge is 0.467 e. The maximum Gasteiger partial charge on any atom is 0.435 e. The fourth-order valence-corrected chi connectivity index (χ4v) is 2.71. The molecule has 0 spiro atoms. The normalized spacial score (nSPS) is 11.4. The number of amides is 1. The molecular weight excluding hydrogens is 414 g/mol. The third kappa shape index (κ3) is 4.86. The van der Waals surface area contributed by atoms with Gasteiger partial charge in [0.15, 0.2) is 12.3 Å². The van der Waals surface area contributed by atoms with Crippen LogP contribution >= 0.6 is 11.6 Å². The van der Waals surface area contributed by atoms with E-state index in [1.807, 2.05) is 0 Å². The molecular formula is C19H14ClF4N3O2. The smallest absolute Gasteiger partial charge is 0.435 e. The Morgan fingerprint density at radius 2 is 1.93 bits per heavy atom. The lowest BCUT2D eigenvalue weighted by atomic mass is 10.2. The first-order valence-electron chi connectivity index (χ1n) is 8.26. The zero-order valence-corrected chi connectivity index (χ0v) is 15.7. The number of alkyl halides is 3. The van der Waals surface area contributed by atoms with E-state index in [9.17, 15) is 22.4 Å². The van der Waals surface area contributed by atoms with Crippen molar-refractivity contribution in [2.45, 2.75) is 13.1 Å². The molecule has 152 valence electrons. The third-order valence-corrected chi connectivity index (χ3v) is 4.18. The molecule has 1 N–H and O–H groups in total. The number of ether oxygens (including phenoxy) is 1. The monoisotopic (exact) mass is 427 g/mol. The van der Waals surface area contributed by atoms with Crippen molar-refractivity contribution >= 4 is 23.2 Å². The van der Waals surface area contributed by atoms with Crippen LogP contribution in [0.5, 0.6) is 5.88 Å². The molecule has 0 aliphatic carbocycles. The van der Waals surface area contributed by atoms with Crippen molar-refractivity contribution in [1.29, 1.82) is 0 Å². The van der Waals surface area contributed by atoms with Crippen LogP contribution in [0, 0.1) is 12.7 Å². The maximum atomic E-state index is 13.1. The topological polar surface area (TPSA) is 56.1 Å². The molecule has 0 fully saturated rings. The van der Waals surface area contributed by atoms with E-state index in [4.69, 9.17) is 16.3 Å². The minimum absolute atomic E-state index is 0.153. The zero-order chi connectivity index (χ0) is 21.2. The van der Waals surface area contributed by atoms with E-state index >= 15 is 0 Å². The fourth-order valence-electron chi connectivity index (χ4n) is 2.49. The molecule has 1 aromatic heterocycles. The van der Waals surface area contributed by atoms with E-state index in [0.29, 0.717) is 17.3 Å². The zero-order valence-electron chi connectivity index (χ0n) is 14.9. The number of halogens is 5. The highest BCUT2D eigenvalue weighted by Crippen LogP contribution is 2.33. The Kier molecular flexibility index (Phi) is 5.78. The third-order valence-electron chi connectivity index (χ3n) is 3.86. The number of aryl methyl sites for hydroxylation is 1. The molecule has 0 saturated carbocycles. The van der Waals surface area contributed by atoms with Crippen molar-refractivity contribution < 1.29 is 27.1 Å². The van der Waals surface area contributed by atoms with E-state index in [-0.39, 0.29) is 16.6 Å². The standard InChI is InChI=1S/C19H14ClF4N3O2/c1-11-8-12(21)6-7-14(11)25-17(28)10-29-18-9-16(19(22,23)24)26-27(18)15-5-3-2-4-13(15)20/h2-9H,10H2,1H3,(H,25,28). The summed E-state index contributed by atoms with van der Waals surface area (Å²) in [5.41, 5.74) is -0.189. The number of rotatable bonds is 5. The number of para-hydroxylation sites is 1. The van der Waals surface area contributed by atoms with Gasteiger partial charge in [0.1, 0.15) is 5.82 Å². The van der Waals surface area contributed by atoms with Gasteiger partial charge in [0.2, 0.25) is 5.88 Å². The van der Waals surface area contributed by atoms with Crippen LogP contribution in [0.4, 0.5) is 23.2 Å². The Labute approximate surface area is 167 Å². The van der Waals surface area contributed by atoms with E-state index < -0.39 is 30.2 Å². The van der Waals surface area contributed by atoms with E-state index in [1.165, 1.54) is 30.3 Å². The summed E-state index contributed by atoms with van der Waals surface area (Å²) >= 11 is 6.05. The Morgan fingerprint density at radius 1 is 1.21 bits per heavy atom. The summed E-state index contributed by atoms with van der Waals surface area (Å²) in [5, 5.41) is 6.17. The van der Waals surface area contributed by atoms with Crippen LogP contribution in [-0.2, 0) is 11.0 Å². The first-order chi connectivity index (χ1) is 13.6. The lowest BCUT2D eigenvalue weighted by Gasteiger charge is -2.11. The minimum atomic E-state index is -4.71. The van der Waals surface area contributed by atoms with Crippen LogP contribution in [0.25, 0.3) is 5.69 Å². The second kappa shape index (κ2) is 8.12. The molecule has 10 heteroatoms. The molecule has 5 nitrogen and oxygen atoms in total. The average Bonchev–Trinajstić information content (AvgIpc) is 3.07. The summed E-state index contributed by atoms with van der Waals surface area (Å²) in [6.45, 7) is 1.01. The lowest BCUT2D eigenvalue weighted by molar-refractivity contribution is -0.141. The average molecular weight is 428 g/mol. The summed E-state index contributed by atoms with van der Waals surface area (Å²) in [5.74, 6) is -1.41. The number of aromatic nitrogens is 2. The van der Waals surface area contributed by atoms with Crippen molar-refractivity contribution in [2.24, 2.45) is 0 Å². The van der Waals surface area contributed by atoms with Gasteiger partial charge in [-0.1, -0.05) is 23.7 Å². The number of anilines is 1. The molecule has 29 heavy (non-hydrogen) atoms. The van der Waals surface area contributed by atoms with E-state index in [2.05, 4.69) is 10.4 Å². The van der Waals surface area contributed by atoms with Gasteiger partial charge in [-0.15, -0.1) is 0 Å². The van der Waals surface area contributed by atoms with Gasteiger partial charge in [-0.25, -0.2) is 4.39 Å². The van der Waals surface area contributed by atoms with Gasteiger partial charge in [-0.05, 0) is 42.8 Å². The highest BCUT2D eigenvalue weighted by Gasteiger charge is 2.36. The molecule has 1 heterocycles. The van der Waals surface area contributed by atoms with Gasteiger partial charge in [-0.2, -0.15) is 23.0 Å². The number of nitrogens with zero attached hydrogens (tertiary/aromatic N) is 2. The molecule has 0 radical (unpaired) electrons. The molecule has 2 aromatic carbocycles. The van der Waals surface area contributed by atoms with Gasteiger partial charge in [0, 0.05) is 11.8 Å². The molecule has 3 aromatic rings. The van der Waals surface area contributed by atoms with E-state index in [0.717, 1.165) is 4.68 Å². The molecule has 0 atom stereocenters. The summed E-state index contributed by atoms with van der Waals surface area (Å²) in [4.78, 5) is 12.1. The number of carbonyl (C=O) groups excluding carboxylic acids is 1. The van der Waals surface area contributed by atoms with Crippen LogP contribution in [0.2, 0.25) is 5.02 Å². The lowest BCUT2D eigenvalue weighted by Crippen LogP contribution is -2.21. The Balaban J connectivity index is 1.82. The molecule has 1 amide bonds. The summed E-state index contributed by atoms with van der Waals surface area (Å²) in [6, 6.07) is 10.6. The van der Waals surface area contributed by atoms with Crippen molar-refractivity contribution in [1.82, 2.24) is 9.78 Å². The van der Waals surface area contributed by atoms with Crippen molar-refractivity contribution in [3.05, 3.63) is 70.6 Å². The number of hydrogen-bond acceptors (Lipinski definition) is 3. The van der Waals surface area contributed by atoms with Crippen molar-refractivity contribution in [2.75, 3.05) is 11.9 Å². The molecule has 0 saturated heterocycles. The first-order valence-corrected chi connectivity index (χ1v) is 8.64. The fraction of sp³-hybridized carbons (Fsp3) is 0.158. The molecule has 0 unspecified atom stereocenters. The van der Waals surface area contributed by atoms with Crippen LogP contribution in [-0.4, -0.2) is 22.3 Å². The van der Waals surface area contributed by atoms with Gasteiger partial charge < -0.3 is 10.1 Å². The highest BCUT2D eigenvalue weighted by atomic mass is 35.5. The Morgan fingerprint density at radius 3 is 2.59 bits per heavy atom. The number of benzene rings is 2. The summed E-state index contributed by atoms with van der Waals surface area (Å²) in [7, 11) is 0. The van der Waals surface area contributed by atoms with Crippen LogP contribution in [0.15, 0.2) is 48.5 Å². The minimum Gasteiger partial charge on any atom is -0.467 e. The van der Waals surface area contributed by atoms with Crippen molar-refractivity contribution in [3.63, 3.8) is 0 Å². The Bertz CT molecular complexity index is 1050. The molecule has 0 aliphatic rings. The van der Waals surface area contributed by atoms with Gasteiger partial charge in [0.05, 0.1) is 10.7 Å². The maximum absolute atomic E-state index is 13.1. The number of nitrogens with one attached hydrogen (secondary N) is 1. The molecule has 0 aliphatic heterocycles. The second-order valence-corrected chi connectivity index (χ2v) is 6.43. The van der Waals surface area contributed by atoms with Gasteiger partial charge >= 0.3 is 6.18 Å². The van der Waals surface area contributed by atoms with Crippen LogP contribution in [0.3, 0.4) is 0 Å². The number of carbonyl (C=O) groups is 1.